The van der Waals surface area contributed by atoms with Gasteiger partial charge in [0.15, 0.2) is 11.5 Å². The average Bonchev–Trinajstić information content (AvgIpc) is 3.27. The van der Waals surface area contributed by atoms with Gasteiger partial charge in [0, 0.05) is 48.7 Å². The molecule has 1 amide bonds. The lowest BCUT2D eigenvalue weighted by molar-refractivity contribution is 0.0705. The van der Waals surface area contributed by atoms with E-state index in [4.69, 9.17) is 9.47 Å². The number of carbonyl (C=O) groups excluding carboxylic acids is 1. The van der Waals surface area contributed by atoms with Crippen LogP contribution in [0.25, 0.3) is 11.1 Å². The van der Waals surface area contributed by atoms with Crippen molar-refractivity contribution in [2.24, 2.45) is 0 Å². The van der Waals surface area contributed by atoms with Crippen molar-refractivity contribution in [1.29, 1.82) is 0 Å². The molecule has 0 aliphatic carbocycles. The van der Waals surface area contributed by atoms with Crippen LogP contribution >= 0.6 is 0 Å². The Balaban J connectivity index is 1.40. The van der Waals surface area contributed by atoms with Crippen LogP contribution in [0, 0.1) is 0 Å². The van der Waals surface area contributed by atoms with Gasteiger partial charge in [-0.15, -0.1) is 0 Å². The predicted molar refractivity (Wildman–Crippen MR) is 106 cm³/mol. The zero-order valence-electron chi connectivity index (χ0n) is 15.8. The Morgan fingerprint density at radius 3 is 2.83 bits per heavy atom. The molecule has 0 radical (unpaired) electrons. The normalized spacial score (nSPS) is 17.9. The van der Waals surface area contributed by atoms with E-state index in [2.05, 4.69) is 15.0 Å². The van der Waals surface area contributed by atoms with E-state index < -0.39 is 0 Å². The van der Waals surface area contributed by atoms with Gasteiger partial charge in [-0.3, -0.25) is 9.78 Å². The number of pyridine rings is 1. The summed E-state index contributed by atoms with van der Waals surface area (Å²) < 4.78 is 10.8. The molecular weight excluding hydrogens is 368 g/mol. The fraction of sp³-hybridized carbons (Fsp3) is 0.273. The van der Waals surface area contributed by atoms with Gasteiger partial charge in [-0.25, -0.2) is 9.97 Å². The van der Waals surface area contributed by atoms with Crippen LogP contribution in [0.1, 0.15) is 34.8 Å². The Hall–Kier alpha value is -3.48. The first-order valence-corrected chi connectivity index (χ1v) is 9.69. The summed E-state index contributed by atoms with van der Waals surface area (Å²) in [4.78, 5) is 27.9. The van der Waals surface area contributed by atoms with Crippen LogP contribution in [-0.2, 0) is 0 Å². The summed E-state index contributed by atoms with van der Waals surface area (Å²) in [7, 11) is 0. The zero-order valence-corrected chi connectivity index (χ0v) is 15.8. The number of nitrogens with zero attached hydrogens (tertiary/aromatic N) is 4. The summed E-state index contributed by atoms with van der Waals surface area (Å²) in [5, 5.41) is 0. The molecule has 146 valence electrons. The molecule has 0 unspecified atom stereocenters. The number of fused-ring (bicyclic) bond motifs is 1. The third kappa shape index (κ3) is 3.40. The van der Waals surface area contributed by atoms with Crippen LogP contribution < -0.4 is 9.47 Å². The van der Waals surface area contributed by atoms with Crippen LogP contribution in [0.4, 0.5) is 0 Å². The monoisotopic (exact) mass is 388 g/mol. The first-order valence-electron chi connectivity index (χ1n) is 9.69. The van der Waals surface area contributed by atoms with Crippen LogP contribution in [0.3, 0.4) is 0 Å². The predicted octanol–water partition coefficient (Wildman–Crippen LogP) is 3.29. The van der Waals surface area contributed by atoms with E-state index in [-0.39, 0.29) is 18.6 Å². The second kappa shape index (κ2) is 7.50. The van der Waals surface area contributed by atoms with E-state index in [1.165, 1.54) is 0 Å². The van der Waals surface area contributed by atoms with Crippen molar-refractivity contribution in [1.82, 2.24) is 19.9 Å². The highest BCUT2D eigenvalue weighted by Crippen LogP contribution is 2.35. The Kier molecular flexibility index (Phi) is 4.56. The number of rotatable bonds is 3. The lowest BCUT2D eigenvalue weighted by Crippen LogP contribution is -2.39. The fourth-order valence-corrected chi connectivity index (χ4v) is 4.02. The maximum absolute atomic E-state index is 13.1. The fourth-order valence-electron chi connectivity index (χ4n) is 4.02. The van der Waals surface area contributed by atoms with Gasteiger partial charge < -0.3 is 14.4 Å². The van der Waals surface area contributed by atoms with Gasteiger partial charge in [0.25, 0.3) is 5.91 Å². The van der Waals surface area contributed by atoms with E-state index in [0.29, 0.717) is 23.6 Å². The van der Waals surface area contributed by atoms with E-state index in [1.807, 2.05) is 23.2 Å². The third-order valence-electron chi connectivity index (χ3n) is 5.45. The van der Waals surface area contributed by atoms with Crippen molar-refractivity contribution >= 4 is 5.91 Å². The van der Waals surface area contributed by atoms with E-state index >= 15 is 0 Å². The number of ether oxygens (including phenoxy) is 2. The van der Waals surface area contributed by atoms with Gasteiger partial charge in [-0.05, 0) is 48.7 Å². The quantitative estimate of drug-likeness (QED) is 0.685. The highest BCUT2D eigenvalue weighted by Gasteiger charge is 2.29. The molecule has 0 N–H and O–H groups in total. The minimum atomic E-state index is 0.00696. The topological polar surface area (TPSA) is 77.4 Å². The van der Waals surface area contributed by atoms with Crippen molar-refractivity contribution in [2.45, 2.75) is 18.8 Å². The van der Waals surface area contributed by atoms with Crippen LogP contribution in [0.15, 0.2) is 55.2 Å². The molecule has 0 spiro atoms. The second-order valence-electron chi connectivity index (χ2n) is 7.22. The molecule has 4 heterocycles. The smallest absolute Gasteiger partial charge is 0.254 e. The maximum Gasteiger partial charge on any atom is 0.254 e. The minimum absolute atomic E-state index is 0.00696. The maximum atomic E-state index is 13.1. The van der Waals surface area contributed by atoms with Gasteiger partial charge in [-0.2, -0.15) is 0 Å². The van der Waals surface area contributed by atoms with Gasteiger partial charge in [0.05, 0.1) is 5.69 Å². The van der Waals surface area contributed by atoms with E-state index in [0.717, 1.165) is 36.2 Å². The molecule has 1 atom stereocenters. The summed E-state index contributed by atoms with van der Waals surface area (Å²) in [6.45, 7) is 1.56. The molecule has 5 rings (SSSR count). The average molecular weight is 388 g/mol. The molecular formula is C22H20N4O3. The molecule has 7 nitrogen and oxygen atoms in total. The first-order chi connectivity index (χ1) is 14.3. The standard InChI is InChI=1S/C22H20N4O3/c27-22(16-3-4-19-20(10-16)29-14-28-19)26-9-1-2-17(12-26)21-18(11-24-13-25-21)15-5-7-23-8-6-15/h3-8,10-11,13,17H,1-2,9,12,14H2/t17-/m0/s1. The number of likely N-dealkylation sites (tertiary alicyclic amines) is 1. The molecule has 0 bridgehead atoms. The summed E-state index contributed by atoms with van der Waals surface area (Å²) >= 11 is 0. The molecule has 1 aromatic carbocycles. The molecule has 29 heavy (non-hydrogen) atoms. The van der Waals surface area contributed by atoms with E-state index in [1.54, 1.807) is 36.9 Å². The largest absolute Gasteiger partial charge is 0.454 e. The third-order valence-corrected chi connectivity index (χ3v) is 5.45. The number of benzene rings is 1. The Morgan fingerprint density at radius 2 is 1.93 bits per heavy atom. The minimum Gasteiger partial charge on any atom is -0.454 e. The molecule has 1 fully saturated rings. The zero-order chi connectivity index (χ0) is 19.6. The Morgan fingerprint density at radius 1 is 1.07 bits per heavy atom. The summed E-state index contributed by atoms with van der Waals surface area (Å²) in [5.74, 6) is 1.47. The summed E-state index contributed by atoms with van der Waals surface area (Å²) in [6, 6.07) is 9.28. The lowest BCUT2D eigenvalue weighted by Gasteiger charge is -2.33. The SMILES string of the molecule is O=C(c1ccc2c(c1)OCO2)N1CCC[C@H](c2ncncc2-c2ccncc2)C1. The second-order valence-corrected chi connectivity index (χ2v) is 7.22. The van der Waals surface area contributed by atoms with Crippen molar-refractivity contribution in [2.75, 3.05) is 19.9 Å². The van der Waals surface area contributed by atoms with Gasteiger partial charge in [0.1, 0.15) is 6.33 Å². The van der Waals surface area contributed by atoms with E-state index in [9.17, 15) is 4.79 Å². The van der Waals surface area contributed by atoms with Gasteiger partial charge >= 0.3 is 0 Å². The van der Waals surface area contributed by atoms with Gasteiger partial charge in [-0.1, -0.05) is 0 Å². The molecule has 2 aliphatic rings. The van der Waals surface area contributed by atoms with Crippen LogP contribution in [-0.4, -0.2) is 45.6 Å². The van der Waals surface area contributed by atoms with Crippen molar-refractivity contribution < 1.29 is 14.3 Å². The number of carbonyl (C=O) groups is 1. The molecule has 7 heteroatoms. The number of piperidine rings is 1. The number of aromatic nitrogens is 3. The summed E-state index contributed by atoms with van der Waals surface area (Å²) in [6.07, 6.45) is 8.88. The Labute approximate surface area is 168 Å². The molecule has 3 aromatic rings. The number of hydrogen-bond donors (Lipinski definition) is 0. The lowest BCUT2D eigenvalue weighted by atomic mass is 9.90. The van der Waals surface area contributed by atoms with Crippen LogP contribution in [0.2, 0.25) is 0 Å². The molecule has 1 saturated heterocycles. The molecule has 2 aliphatic heterocycles. The van der Waals surface area contributed by atoms with Crippen molar-refractivity contribution in [3.8, 4) is 22.6 Å². The van der Waals surface area contributed by atoms with Crippen LogP contribution in [0.5, 0.6) is 11.5 Å². The molecule has 2 aromatic heterocycles. The van der Waals surface area contributed by atoms with Crippen molar-refractivity contribution in [3.63, 3.8) is 0 Å². The highest BCUT2D eigenvalue weighted by atomic mass is 16.7. The highest BCUT2D eigenvalue weighted by molar-refractivity contribution is 5.95. The number of amides is 1. The Bertz CT molecular complexity index is 1040. The van der Waals surface area contributed by atoms with Gasteiger partial charge in [0.2, 0.25) is 6.79 Å². The van der Waals surface area contributed by atoms with Crippen molar-refractivity contribution in [3.05, 3.63) is 66.5 Å². The molecule has 0 saturated carbocycles. The first kappa shape index (κ1) is 17.6. The number of hydrogen-bond acceptors (Lipinski definition) is 6. The summed E-state index contributed by atoms with van der Waals surface area (Å²) in [5.41, 5.74) is 3.63.